The predicted molar refractivity (Wildman–Crippen MR) is 70.1 cm³/mol. The lowest BCUT2D eigenvalue weighted by Gasteiger charge is -2.40. The average Bonchev–Trinajstić information content (AvgIpc) is 2.74. The topological polar surface area (TPSA) is 55.8 Å². The van der Waals surface area contributed by atoms with Gasteiger partial charge in [0.25, 0.3) is 0 Å². The van der Waals surface area contributed by atoms with Crippen LogP contribution in [-0.2, 0) is 16.6 Å². The molecule has 0 radical (unpaired) electrons. The molecule has 4 nitrogen and oxygen atoms in total. The fourth-order valence-corrected chi connectivity index (χ4v) is 3.32. The van der Waals surface area contributed by atoms with Gasteiger partial charge in [-0.15, -0.1) is 0 Å². The minimum atomic E-state index is -0.769. The molecule has 1 N–H and O–H groups in total. The van der Waals surface area contributed by atoms with E-state index in [1.54, 1.807) is 7.11 Å². The SMILES string of the molecule is COc1c(C)cc2c(c1C1(C(=O)O)CCC1)CCO2. The van der Waals surface area contributed by atoms with E-state index in [2.05, 4.69) is 0 Å². The first-order valence-electron chi connectivity index (χ1n) is 6.67. The number of aryl methyl sites for hydroxylation is 1. The van der Waals surface area contributed by atoms with Crippen LogP contribution in [-0.4, -0.2) is 24.8 Å². The van der Waals surface area contributed by atoms with Crippen LogP contribution < -0.4 is 9.47 Å². The van der Waals surface area contributed by atoms with Crippen molar-refractivity contribution in [2.24, 2.45) is 0 Å². The first kappa shape index (κ1) is 12.3. The molecule has 0 saturated heterocycles. The fourth-order valence-electron chi connectivity index (χ4n) is 3.32. The minimum Gasteiger partial charge on any atom is -0.496 e. The zero-order valence-corrected chi connectivity index (χ0v) is 11.3. The number of aliphatic carboxylic acids is 1. The van der Waals surface area contributed by atoms with Gasteiger partial charge < -0.3 is 14.6 Å². The second-order valence-electron chi connectivity index (χ2n) is 5.42. The maximum absolute atomic E-state index is 11.8. The highest BCUT2D eigenvalue weighted by atomic mass is 16.5. The van der Waals surface area contributed by atoms with E-state index in [0.717, 1.165) is 41.0 Å². The molecule has 1 saturated carbocycles. The molecule has 0 spiro atoms. The molecule has 0 amide bonds. The van der Waals surface area contributed by atoms with Gasteiger partial charge in [0.1, 0.15) is 11.5 Å². The first-order valence-corrected chi connectivity index (χ1v) is 6.67. The normalized spacial score (nSPS) is 19.3. The lowest BCUT2D eigenvalue weighted by Crippen LogP contribution is -2.43. The number of ether oxygens (including phenoxy) is 2. The van der Waals surface area contributed by atoms with E-state index in [1.807, 2.05) is 13.0 Å². The van der Waals surface area contributed by atoms with Crippen molar-refractivity contribution < 1.29 is 19.4 Å². The van der Waals surface area contributed by atoms with Crippen molar-refractivity contribution in [2.75, 3.05) is 13.7 Å². The fraction of sp³-hybridized carbons (Fsp3) is 0.533. The van der Waals surface area contributed by atoms with Crippen molar-refractivity contribution in [1.29, 1.82) is 0 Å². The Bertz CT molecular complexity index is 540. The Morgan fingerprint density at radius 3 is 2.74 bits per heavy atom. The van der Waals surface area contributed by atoms with Crippen LogP contribution in [0.15, 0.2) is 6.07 Å². The summed E-state index contributed by atoms with van der Waals surface area (Å²) in [7, 11) is 1.61. The summed E-state index contributed by atoms with van der Waals surface area (Å²) in [5, 5.41) is 9.68. The van der Waals surface area contributed by atoms with Crippen molar-refractivity contribution in [2.45, 2.75) is 38.0 Å². The number of benzene rings is 1. The van der Waals surface area contributed by atoms with E-state index in [-0.39, 0.29) is 0 Å². The van der Waals surface area contributed by atoms with Crippen molar-refractivity contribution in [3.63, 3.8) is 0 Å². The lowest BCUT2D eigenvalue weighted by atomic mass is 9.62. The third kappa shape index (κ3) is 1.55. The Balaban J connectivity index is 2.27. The highest BCUT2D eigenvalue weighted by molar-refractivity contribution is 5.85. The summed E-state index contributed by atoms with van der Waals surface area (Å²) in [4.78, 5) is 11.8. The van der Waals surface area contributed by atoms with E-state index >= 15 is 0 Å². The molecule has 102 valence electrons. The molecule has 1 aromatic carbocycles. The van der Waals surface area contributed by atoms with E-state index in [0.29, 0.717) is 19.4 Å². The van der Waals surface area contributed by atoms with Gasteiger partial charge in [0, 0.05) is 17.5 Å². The molecule has 1 aliphatic heterocycles. The summed E-state index contributed by atoms with van der Waals surface area (Å²) in [6.45, 7) is 2.57. The van der Waals surface area contributed by atoms with E-state index in [9.17, 15) is 9.90 Å². The Hall–Kier alpha value is -1.71. The van der Waals surface area contributed by atoms with Crippen LogP contribution in [0.5, 0.6) is 11.5 Å². The van der Waals surface area contributed by atoms with Gasteiger partial charge >= 0.3 is 5.97 Å². The molecule has 3 rings (SSSR count). The van der Waals surface area contributed by atoms with Gasteiger partial charge in [-0.3, -0.25) is 4.79 Å². The Morgan fingerprint density at radius 1 is 1.47 bits per heavy atom. The smallest absolute Gasteiger partial charge is 0.314 e. The lowest BCUT2D eigenvalue weighted by molar-refractivity contribution is -0.147. The van der Waals surface area contributed by atoms with Crippen molar-refractivity contribution in [3.05, 3.63) is 22.8 Å². The van der Waals surface area contributed by atoms with Crippen LogP contribution >= 0.6 is 0 Å². The molecule has 4 heteroatoms. The van der Waals surface area contributed by atoms with Crippen molar-refractivity contribution in [3.8, 4) is 11.5 Å². The van der Waals surface area contributed by atoms with Crippen LogP contribution in [0.1, 0.15) is 36.0 Å². The molecule has 0 aromatic heterocycles. The summed E-state index contributed by atoms with van der Waals surface area (Å²) >= 11 is 0. The third-order valence-electron chi connectivity index (χ3n) is 4.44. The highest BCUT2D eigenvalue weighted by Gasteiger charge is 2.50. The standard InChI is InChI=1S/C15H18O4/c1-9-8-11-10(4-7-19-11)12(13(9)18-2)15(14(16)17)5-3-6-15/h8H,3-7H2,1-2H3,(H,16,17). The molecule has 0 atom stereocenters. The summed E-state index contributed by atoms with van der Waals surface area (Å²) in [6.07, 6.45) is 3.11. The van der Waals surface area contributed by atoms with Crippen molar-refractivity contribution in [1.82, 2.24) is 0 Å². The van der Waals surface area contributed by atoms with Gasteiger partial charge in [-0.25, -0.2) is 0 Å². The third-order valence-corrected chi connectivity index (χ3v) is 4.44. The molecule has 1 fully saturated rings. The molecule has 1 heterocycles. The van der Waals surface area contributed by atoms with Crippen LogP contribution in [0.2, 0.25) is 0 Å². The van der Waals surface area contributed by atoms with Gasteiger partial charge in [-0.05, 0) is 31.4 Å². The van der Waals surface area contributed by atoms with Gasteiger partial charge in [0.05, 0.1) is 19.1 Å². The van der Waals surface area contributed by atoms with E-state index < -0.39 is 11.4 Å². The van der Waals surface area contributed by atoms with Gasteiger partial charge in [-0.2, -0.15) is 0 Å². The van der Waals surface area contributed by atoms with Crippen LogP contribution in [0.4, 0.5) is 0 Å². The number of fused-ring (bicyclic) bond motifs is 1. The summed E-state index contributed by atoms with van der Waals surface area (Å²) in [5.41, 5.74) is 2.08. The number of hydrogen-bond acceptors (Lipinski definition) is 3. The minimum absolute atomic E-state index is 0.630. The maximum Gasteiger partial charge on any atom is 0.314 e. The second kappa shape index (κ2) is 4.15. The van der Waals surface area contributed by atoms with Crippen LogP contribution in [0, 0.1) is 6.92 Å². The second-order valence-corrected chi connectivity index (χ2v) is 5.42. The number of carboxylic acids is 1. The van der Waals surface area contributed by atoms with Gasteiger partial charge in [-0.1, -0.05) is 6.42 Å². The zero-order valence-electron chi connectivity index (χ0n) is 11.3. The number of carboxylic acid groups (broad SMARTS) is 1. The molecule has 1 aromatic rings. The average molecular weight is 262 g/mol. The number of carbonyl (C=O) groups is 1. The Kier molecular flexibility index (Phi) is 2.69. The predicted octanol–water partition coefficient (Wildman–Crippen LogP) is 2.44. The van der Waals surface area contributed by atoms with Gasteiger partial charge in [0.15, 0.2) is 0 Å². The van der Waals surface area contributed by atoms with Crippen LogP contribution in [0.25, 0.3) is 0 Å². The van der Waals surface area contributed by atoms with Crippen LogP contribution in [0.3, 0.4) is 0 Å². The zero-order chi connectivity index (χ0) is 13.6. The Labute approximate surface area is 112 Å². The molecule has 1 aliphatic carbocycles. The summed E-state index contributed by atoms with van der Waals surface area (Å²) in [6, 6.07) is 1.96. The molecule has 0 unspecified atom stereocenters. The summed E-state index contributed by atoms with van der Waals surface area (Å²) in [5.74, 6) is 0.823. The Morgan fingerprint density at radius 2 is 2.21 bits per heavy atom. The highest BCUT2D eigenvalue weighted by Crippen LogP contribution is 2.52. The largest absolute Gasteiger partial charge is 0.496 e. The summed E-state index contributed by atoms with van der Waals surface area (Å²) < 4.78 is 11.1. The molecular formula is C15H18O4. The van der Waals surface area contributed by atoms with E-state index in [1.165, 1.54) is 0 Å². The monoisotopic (exact) mass is 262 g/mol. The molecular weight excluding hydrogens is 244 g/mol. The number of methoxy groups -OCH3 is 1. The first-order chi connectivity index (χ1) is 9.10. The number of hydrogen-bond donors (Lipinski definition) is 1. The quantitative estimate of drug-likeness (QED) is 0.909. The van der Waals surface area contributed by atoms with Crippen molar-refractivity contribution >= 4 is 5.97 Å². The molecule has 2 aliphatic rings. The van der Waals surface area contributed by atoms with E-state index in [4.69, 9.17) is 9.47 Å². The maximum atomic E-state index is 11.8. The molecule has 0 bridgehead atoms. The number of rotatable bonds is 3. The molecule has 19 heavy (non-hydrogen) atoms. The van der Waals surface area contributed by atoms with Gasteiger partial charge in [0.2, 0.25) is 0 Å².